The predicted octanol–water partition coefficient (Wildman–Crippen LogP) is 4.01. The summed E-state index contributed by atoms with van der Waals surface area (Å²) in [4.78, 5) is 0. The summed E-state index contributed by atoms with van der Waals surface area (Å²) < 4.78 is 1.08. The largest absolute Gasteiger partial charge is 0.398 e. The van der Waals surface area contributed by atoms with Gasteiger partial charge < -0.3 is 5.73 Å². The van der Waals surface area contributed by atoms with Gasteiger partial charge >= 0.3 is 0 Å². The highest BCUT2D eigenvalue weighted by Crippen LogP contribution is 2.32. The number of benzene rings is 2. The Morgan fingerprint density at radius 2 is 1.73 bits per heavy atom. The summed E-state index contributed by atoms with van der Waals surface area (Å²) in [6.07, 6.45) is 0. The third-order valence-electron chi connectivity index (χ3n) is 2.37. The highest BCUT2D eigenvalue weighted by molar-refractivity contribution is 9.10. The van der Waals surface area contributed by atoms with Crippen LogP contribution in [0.2, 0.25) is 0 Å². The summed E-state index contributed by atoms with van der Waals surface area (Å²) in [5, 5.41) is 0. The van der Waals surface area contributed by atoms with E-state index >= 15 is 0 Å². The lowest BCUT2D eigenvalue weighted by Gasteiger charge is -2.08. The minimum atomic E-state index is 0.809. The second kappa shape index (κ2) is 4.07. The topological polar surface area (TPSA) is 26.0 Å². The van der Waals surface area contributed by atoms with Crippen LogP contribution in [0.4, 0.5) is 5.69 Å². The number of rotatable bonds is 1. The van der Waals surface area contributed by atoms with Gasteiger partial charge in [0.25, 0.3) is 0 Å². The first kappa shape index (κ1) is 10.2. The standard InChI is InChI=1S/C13H12BrN/c1-9-6-7-12(14)11(8-9)10-4-2-3-5-13(10)15/h2-8H,15H2,1H3. The summed E-state index contributed by atoms with van der Waals surface area (Å²) in [5.74, 6) is 0. The third-order valence-corrected chi connectivity index (χ3v) is 3.06. The Hall–Kier alpha value is -1.28. The van der Waals surface area contributed by atoms with Gasteiger partial charge in [-0.3, -0.25) is 0 Å². The molecule has 0 aliphatic carbocycles. The van der Waals surface area contributed by atoms with E-state index in [1.807, 2.05) is 24.3 Å². The minimum absolute atomic E-state index is 0.809. The Morgan fingerprint density at radius 1 is 1.00 bits per heavy atom. The number of aryl methyl sites for hydroxylation is 1. The quantitative estimate of drug-likeness (QED) is 0.772. The monoisotopic (exact) mass is 261 g/mol. The molecule has 0 saturated carbocycles. The Balaban J connectivity index is 2.64. The van der Waals surface area contributed by atoms with Gasteiger partial charge in [-0.1, -0.05) is 51.8 Å². The zero-order chi connectivity index (χ0) is 10.8. The first-order chi connectivity index (χ1) is 7.18. The second-order valence-corrected chi connectivity index (χ2v) is 4.42. The van der Waals surface area contributed by atoms with Gasteiger partial charge in [0.2, 0.25) is 0 Å². The van der Waals surface area contributed by atoms with E-state index in [-0.39, 0.29) is 0 Å². The molecule has 0 bridgehead atoms. The van der Waals surface area contributed by atoms with Gasteiger partial charge in [-0.05, 0) is 24.6 Å². The molecular formula is C13H12BrN. The van der Waals surface area contributed by atoms with Crippen molar-refractivity contribution in [2.24, 2.45) is 0 Å². The van der Waals surface area contributed by atoms with Crippen LogP contribution in [0.3, 0.4) is 0 Å². The van der Waals surface area contributed by atoms with Crippen molar-refractivity contribution in [2.45, 2.75) is 6.92 Å². The fourth-order valence-electron chi connectivity index (χ4n) is 1.59. The molecule has 0 radical (unpaired) electrons. The van der Waals surface area contributed by atoms with Crippen molar-refractivity contribution in [3.05, 3.63) is 52.5 Å². The van der Waals surface area contributed by atoms with Gasteiger partial charge in [0.15, 0.2) is 0 Å². The number of nitrogen functional groups attached to an aromatic ring is 1. The maximum Gasteiger partial charge on any atom is 0.0394 e. The average Bonchev–Trinajstić information content (AvgIpc) is 2.23. The molecule has 1 nitrogen and oxygen atoms in total. The molecule has 0 unspecified atom stereocenters. The average molecular weight is 262 g/mol. The molecule has 2 aromatic rings. The molecule has 2 heteroatoms. The van der Waals surface area contributed by atoms with Crippen molar-refractivity contribution >= 4 is 21.6 Å². The van der Waals surface area contributed by atoms with Gasteiger partial charge in [0.1, 0.15) is 0 Å². The van der Waals surface area contributed by atoms with Gasteiger partial charge in [-0.15, -0.1) is 0 Å². The minimum Gasteiger partial charge on any atom is -0.398 e. The fourth-order valence-corrected chi connectivity index (χ4v) is 2.05. The molecule has 0 aromatic heterocycles. The second-order valence-electron chi connectivity index (χ2n) is 3.57. The van der Waals surface area contributed by atoms with Crippen molar-refractivity contribution in [2.75, 3.05) is 5.73 Å². The van der Waals surface area contributed by atoms with E-state index in [0.29, 0.717) is 0 Å². The van der Waals surface area contributed by atoms with E-state index in [9.17, 15) is 0 Å². The van der Waals surface area contributed by atoms with Crippen molar-refractivity contribution < 1.29 is 0 Å². The zero-order valence-electron chi connectivity index (χ0n) is 8.50. The number of anilines is 1. The van der Waals surface area contributed by atoms with Gasteiger partial charge in [0.05, 0.1) is 0 Å². The molecule has 0 aliphatic heterocycles. The van der Waals surface area contributed by atoms with Gasteiger partial charge in [-0.25, -0.2) is 0 Å². The molecule has 2 N–H and O–H groups in total. The lowest BCUT2D eigenvalue weighted by Crippen LogP contribution is -1.90. The Kier molecular flexibility index (Phi) is 2.78. The summed E-state index contributed by atoms with van der Waals surface area (Å²) in [6.45, 7) is 2.08. The van der Waals surface area contributed by atoms with Crippen molar-refractivity contribution in [1.82, 2.24) is 0 Å². The lowest BCUT2D eigenvalue weighted by molar-refractivity contribution is 1.45. The smallest absolute Gasteiger partial charge is 0.0394 e. The fraction of sp³-hybridized carbons (Fsp3) is 0.0769. The van der Waals surface area contributed by atoms with Crippen LogP contribution in [-0.4, -0.2) is 0 Å². The van der Waals surface area contributed by atoms with E-state index in [1.165, 1.54) is 5.56 Å². The number of nitrogens with two attached hydrogens (primary N) is 1. The van der Waals surface area contributed by atoms with Gasteiger partial charge in [0, 0.05) is 15.7 Å². The maximum absolute atomic E-state index is 5.95. The van der Waals surface area contributed by atoms with Crippen molar-refractivity contribution in [3.8, 4) is 11.1 Å². The Labute approximate surface area is 98.1 Å². The van der Waals surface area contributed by atoms with Crippen LogP contribution < -0.4 is 5.73 Å². The van der Waals surface area contributed by atoms with Crippen LogP contribution >= 0.6 is 15.9 Å². The first-order valence-electron chi connectivity index (χ1n) is 4.79. The van der Waals surface area contributed by atoms with Crippen LogP contribution in [-0.2, 0) is 0 Å². The highest BCUT2D eigenvalue weighted by Gasteiger charge is 2.05. The summed E-state index contributed by atoms with van der Waals surface area (Å²) in [5.41, 5.74) is 10.2. The van der Waals surface area contributed by atoms with Gasteiger partial charge in [-0.2, -0.15) is 0 Å². The van der Waals surface area contributed by atoms with E-state index in [2.05, 4.69) is 41.1 Å². The predicted molar refractivity (Wildman–Crippen MR) is 68.7 cm³/mol. The molecule has 0 atom stereocenters. The first-order valence-corrected chi connectivity index (χ1v) is 5.59. The molecule has 0 spiro atoms. The van der Waals surface area contributed by atoms with E-state index < -0.39 is 0 Å². The van der Waals surface area contributed by atoms with Crippen LogP contribution in [0.15, 0.2) is 46.9 Å². The molecule has 0 amide bonds. The van der Waals surface area contributed by atoms with E-state index in [1.54, 1.807) is 0 Å². The van der Waals surface area contributed by atoms with Crippen molar-refractivity contribution in [3.63, 3.8) is 0 Å². The number of hydrogen-bond donors (Lipinski definition) is 1. The van der Waals surface area contributed by atoms with Crippen LogP contribution in [0.5, 0.6) is 0 Å². The normalized spacial score (nSPS) is 10.3. The number of para-hydroxylation sites is 1. The van der Waals surface area contributed by atoms with Crippen molar-refractivity contribution in [1.29, 1.82) is 0 Å². The Morgan fingerprint density at radius 3 is 2.47 bits per heavy atom. The molecule has 15 heavy (non-hydrogen) atoms. The molecule has 76 valence electrons. The molecule has 0 fully saturated rings. The summed E-state index contributed by atoms with van der Waals surface area (Å²) in [7, 11) is 0. The third kappa shape index (κ3) is 2.05. The summed E-state index contributed by atoms with van der Waals surface area (Å²) in [6, 6.07) is 14.2. The molecule has 0 saturated heterocycles. The molecule has 2 rings (SSSR count). The van der Waals surface area contributed by atoms with Crippen LogP contribution in [0.25, 0.3) is 11.1 Å². The van der Waals surface area contributed by atoms with Crippen LogP contribution in [0, 0.1) is 6.92 Å². The van der Waals surface area contributed by atoms with E-state index in [0.717, 1.165) is 21.3 Å². The zero-order valence-corrected chi connectivity index (χ0v) is 10.1. The van der Waals surface area contributed by atoms with E-state index in [4.69, 9.17) is 5.73 Å². The molecular weight excluding hydrogens is 250 g/mol. The maximum atomic E-state index is 5.95. The summed E-state index contributed by atoms with van der Waals surface area (Å²) >= 11 is 3.55. The molecule has 0 aliphatic rings. The number of hydrogen-bond acceptors (Lipinski definition) is 1. The highest BCUT2D eigenvalue weighted by atomic mass is 79.9. The van der Waals surface area contributed by atoms with Crippen LogP contribution in [0.1, 0.15) is 5.56 Å². The lowest BCUT2D eigenvalue weighted by atomic mass is 10.0. The molecule has 2 aromatic carbocycles. The molecule has 0 heterocycles. The SMILES string of the molecule is Cc1ccc(Br)c(-c2ccccc2N)c1. The Bertz CT molecular complexity index is 492. The number of halogens is 1.